The Morgan fingerprint density at radius 2 is 2.00 bits per heavy atom. The van der Waals surface area contributed by atoms with Crippen LogP contribution in [0.3, 0.4) is 0 Å². The number of nitro benzene ring substituents is 1. The molecule has 1 rings (SSSR count). The average molecular weight is 403 g/mol. The molecular weight excluding hydrogens is 384 g/mol. The summed E-state index contributed by atoms with van der Waals surface area (Å²) in [4.78, 5) is 33.5. The van der Waals surface area contributed by atoms with Crippen LogP contribution in [0.15, 0.2) is 16.6 Å². The second-order valence-electron chi connectivity index (χ2n) is 5.76. The number of alkyl carbamates (subject to hydrolysis) is 1. The van der Waals surface area contributed by atoms with E-state index in [1.807, 2.05) is 0 Å². The molecule has 1 N–H and O–H groups in total. The minimum absolute atomic E-state index is 0.0477. The van der Waals surface area contributed by atoms with Gasteiger partial charge in [0, 0.05) is 22.5 Å². The molecule has 9 heteroatoms. The fourth-order valence-corrected chi connectivity index (χ4v) is 2.76. The van der Waals surface area contributed by atoms with E-state index < -0.39 is 22.6 Å². The number of carbonyl (C=O) groups excluding carboxylic acids is 2. The highest BCUT2D eigenvalue weighted by atomic mass is 79.9. The maximum Gasteiger partial charge on any atom is 0.408 e. The molecule has 0 saturated carbocycles. The first-order chi connectivity index (χ1) is 11.1. The topological polar surface area (TPSA) is 108 Å². The van der Waals surface area contributed by atoms with E-state index in [4.69, 9.17) is 4.74 Å². The largest absolute Gasteiger partial charge is 0.468 e. The zero-order valence-corrected chi connectivity index (χ0v) is 15.4. The van der Waals surface area contributed by atoms with Crippen molar-refractivity contribution in [3.63, 3.8) is 0 Å². The number of carbonyl (C=O) groups is 2. The summed E-state index contributed by atoms with van der Waals surface area (Å²) in [5.41, 5.74) is 0.0969. The fourth-order valence-electron chi connectivity index (χ4n) is 2.06. The van der Waals surface area contributed by atoms with Crippen LogP contribution in [-0.4, -0.2) is 36.2 Å². The first-order valence-corrected chi connectivity index (χ1v) is 7.82. The van der Waals surface area contributed by atoms with E-state index in [1.54, 1.807) is 26.8 Å². The Bertz CT molecular complexity index is 660. The molecule has 0 aliphatic carbocycles. The van der Waals surface area contributed by atoms with E-state index in [0.29, 0.717) is 10.0 Å². The number of amides is 1. The zero-order valence-electron chi connectivity index (χ0n) is 13.8. The molecule has 8 nitrogen and oxygen atoms in total. The molecule has 0 atom stereocenters. The highest BCUT2D eigenvalue weighted by molar-refractivity contribution is 9.10. The van der Waals surface area contributed by atoms with Crippen molar-refractivity contribution in [3.05, 3.63) is 37.8 Å². The number of halogens is 1. The third-order valence-corrected chi connectivity index (χ3v) is 3.80. The minimum atomic E-state index is -1.03. The van der Waals surface area contributed by atoms with Crippen LogP contribution in [0.1, 0.15) is 25.0 Å². The molecule has 0 heterocycles. The number of methoxy groups -OCH3 is 1. The lowest BCUT2D eigenvalue weighted by atomic mass is 9.96. The molecule has 0 unspecified atom stereocenters. The van der Waals surface area contributed by atoms with Crippen LogP contribution in [0.4, 0.5) is 10.5 Å². The highest BCUT2D eigenvalue weighted by Gasteiger charge is 2.29. The number of hydrogen-bond donors (Lipinski definition) is 1. The molecule has 0 aliphatic heterocycles. The summed E-state index contributed by atoms with van der Waals surface area (Å²) in [7, 11) is 1.20. The van der Waals surface area contributed by atoms with E-state index in [9.17, 15) is 19.7 Å². The molecule has 0 radical (unpaired) electrons. The van der Waals surface area contributed by atoms with Crippen molar-refractivity contribution in [2.75, 3.05) is 13.7 Å². The Hall–Kier alpha value is -2.16. The van der Waals surface area contributed by atoms with Gasteiger partial charge in [0.1, 0.15) is 12.1 Å². The lowest BCUT2D eigenvalue weighted by Gasteiger charge is -2.25. The maximum atomic E-state index is 11.7. The molecule has 1 aromatic carbocycles. The van der Waals surface area contributed by atoms with Gasteiger partial charge in [0.25, 0.3) is 5.69 Å². The van der Waals surface area contributed by atoms with Crippen LogP contribution in [0.25, 0.3) is 0 Å². The predicted octanol–water partition coefficient (Wildman–Crippen LogP) is 2.89. The van der Waals surface area contributed by atoms with Crippen molar-refractivity contribution in [2.45, 2.75) is 32.8 Å². The Labute approximate surface area is 147 Å². The molecule has 0 aromatic heterocycles. The zero-order chi connectivity index (χ0) is 18.5. The van der Waals surface area contributed by atoms with Gasteiger partial charge in [-0.3, -0.25) is 14.9 Å². The Kier molecular flexibility index (Phi) is 6.70. The van der Waals surface area contributed by atoms with Gasteiger partial charge in [0.15, 0.2) is 0 Å². The van der Waals surface area contributed by atoms with Crippen LogP contribution in [0.5, 0.6) is 0 Å². The summed E-state index contributed by atoms with van der Waals surface area (Å²) in [5, 5.41) is 13.5. The number of nitrogens with zero attached hydrogens (tertiary/aromatic N) is 1. The monoisotopic (exact) mass is 402 g/mol. The number of hydrogen-bond acceptors (Lipinski definition) is 6. The highest BCUT2D eigenvalue weighted by Crippen LogP contribution is 2.32. The minimum Gasteiger partial charge on any atom is -0.468 e. The Balaban J connectivity index is 2.89. The van der Waals surface area contributed by atoms with E-state index in [-0.39, 0.29) is 18.7 Å². The van der Waals surface area contributed by atoms with Crippen molar-refractivity contribution in [2.24, 2.45) is 0 Å². The molecule has 1 aromatic rings. The summed E-state index contributed by atoms with van der Waals surface area (Å²) >= 11 is 3.32. The standard InChI is InChI=1S/C15H19BrN2O6/c1-9-5-11(16)10(12(6-9)18(21)22)7-15(2,3)24-14(20)17-8-13(19)23-4/h5-6H,7-8H2,1-4H3,(H,17,20). The second kappa shape index (κ2) is 8.09. The molecule has 0 bridgehead atoms. The van der Waals surface area contributed by atoms with Crippen molar-refractivity contribution in [3.8, 4) is 0 Å². The average Bonchev–Trinajstić information content (AvgIpc) is 2.46. The molecule has 1 amide bonds. The number of aryl methyl sites for hydroxylation is 1. The molecule has 0 spiro atoms. The summed E-state index contributed by atoms with van der Waals surface area (Å²) in [6.45, 7) is 4.69. The van der Waals surface area contributed by atoms with Crippen LogP contribution >= 0.6 is 15.9 Å². The van der Waals surface area contributed by atoms with E-state index in [1.165, 1.54) is 13.2 Å². The first-order valence-electron chi connectivity index (χ1n) is 7.03. The number of ether oxygens (including phenoxy) is 2. The first kappa shape index (κ1) is 19.9. The lowest BCUT2D eigenvalue weighted by Crippen LogP contribution is -2.38. The molecule has 0 saturated heterocycles. The number of nitro groups is 1. The second-order valence-corrected chi connectivity index (χ2v) is 6.61. The molecular formula is C15H19BrN2O6. The van der Waals surface area contributed by atoms with E-state index in [0.717, 1.165) is 5.56 Å². The van der Waals surface area contributed by atoms with Crippen molar-refractivity contribution in [1.82, 2.24) is 5.32 Å². The van der Waals surface area contributed by atoms with Crippen LogP contribution in [0, 0.1) is 17.0 Å². The van der Waals surface area contributed by atoms with Gasteiger partial charge < -0.3 is 14.8 Å². The lowest BCUT2D eigenvalue weighted by molar-refractivity contribution is -0.385. The summed E-state index contributed by atoms with van der Waals surface area (Å²) in [6.07, 6.45) is -0.688. The van der Waals surface area contributed by atoms with Crippen molar-refractivity contribution in [1.29, 1.82) is 0 Å². The smallest absolute Gasteiger partial charge is 0.408 e. The molecule has 132 valence electrons. The van der Waals surface area contributed by atoms with E-state index in [2.05, 4.69) is 26.0 Å². The van der Waals surface area contributed by atoms with Gasteiger partial charge in [-0.15, -0.1) is 0 Å². The van der Waals surface area contributed by atoms with Gasteiger partial charge >= 0.3 is 12.1 Å². The number of rotatable bonds is 6. The van der Waals surface area contributed by atoms with Crippen LogP contribution < -0.4 is 5.32 Å². The van der Waals surface area contributed by atoms with Gasteiger partial charge in [0.05, 0.1) is 12.0 Å². The summed E-state index contributed by atoms with van der Waals surface area (Å²) in [6, 6.07) is 3.23. The predicted molar refractivity (Wildman–Crippen MR) is 89.8 cm³/mol. The molecule has 0 aliphatic rings. The van der Waals surface area contributed by atoms with Crippen molar-refractivity contribution >= 4 is 33.7 Å². The SMILES string of the molecule is COC(=O)CNC(=O)OC(C)(C)Cc1c(Br)cc(C)cc1[N+](=O)[O-]. The number of nitrogens with one attached hydrogen (secondary N) is 1. The van der Waals surface area contributed by atoms with Crippen LogP contribution in [0.2, 0.25) is 0 Å². The maximum absolute atomic E-state index is 11.7. The fraction of sp³-hybridized carbons (Fsp3) is 0.467. The Morgan fingerprint density at radius 1 is 1.38 bits per heavy atom. The number of benzene rings is 1. The van der Waals surface area contributed by atoms with Crippen LogP contribution in [-0.2, 0) is 20.7 Å². The van der Waals surface area contributed by atoms with Gasteiger partial charge in [-0.05, 0) is 32.4 Å². The third-order valence-electron chi connectivity index (χ3n) is 3.09. The summed E-state index contributed by atoms with van der Waals surface area (Å²) in [5.74, 6) is -0.610. The van der Waals surface area contributed by atoms with Gasteiger partial charge in [-0.25, -0.2) is 4.79 Å². The van der Waals surface area contributed by atoms with Gasteiger partial charge in [-0.1, -0.05) is 15.9 Å². The van der Waals surface area contributed by atoms with Crippen molar-refractivity contribution < 1.29 is 24.0 Å². The molecule has 0 fully saturated rings. The quantitative estimate of drug-likeness (QED) is 0.445. The number of esters is 1. The normalized spacial score (nSPS) is 10.9. The summed E-state index contributed by atoms with van der Waals surface area (Å²) < 4.78 is 10.2. The van der Waals surface area contributed by atoms with Gasteiger partial charge in [-0.2, -0.15) is 0 Å². The third kappa shape index (κ3) is 5.80. The van der Waals surface area contributed by atoms with E-state index >= 15 is 0 Å². The Morgan fingerprint density at radius 3 is 2.54 bits per heavy atom. The molecule has 24 heavy (non-hydrogen) atoms. The van der Waals surface area contributed by atoms with Gasteiger partial charge in [0.2, 0.25) is 0 Å².